The molecule has 1 aromatic heterocycles. The molecular formula is C16H12ClN3O2S. The number of nitrogens with one attached hydrogen (secondary N) is 1. The molecule has 23 heavy (non-hydrogen) atoms. The minimum absolute atomic E-state index is 0.291. The summed E-state index contributed by atoms with van der Waals surface area (Å²) in [6, 6.07) is 10.9. The van der Waals surface area contributed by atoms with E-state index >= 15 is 0 Å². The number of aromatic nitrogens is 1. The number of hydrogen-bond donors (Lipinski definition) is 1. The maximum Gasteiger partial charge on any atom is 0.286 e. The first-order valence-electron chi connectivity index (χ1n) is 6.70. The van der Waals surface area contributed by atoms with Gasteiger partial charge in [-0.15, -0.1) is 0 Å². The second-order valence-corrected chi connectivity index (χ2v) is 6.01. The summed E-state index contributed by atoms with van der Waals surface area (Å²) in [7, 11) is 1.55. The molecule has 1 amide bonds. The zero-order valence-electron chi connectivity index (χ0n) is 12.1. The summed E-state index contributed by atoms with van der Waals surface area (Å²) in [4.78, 5) is 20.6. The van der Waals surface area contributed by atoms with Gasteiger partial charge in [0.1, 0.15) is 0 Å². The number of amidine groups is 1. The largest absolute Gasteiger partial charge is 0.481 e. The van der Waals surface area contributed by atoms with E-state index in [-0.39, 0.29) is 5.91 Å². The summed E-state index contributed by atoms with van der Waals surface area (Å²) in [6.07, 6.45) is 3.38. The summed E-state index contributed by atoms with van der Waals surface area (Å²) >= 11 is 7.35. The molecule has 1 aliphatic heterocycles. The molecule has 116 valence electrons. The zero-order valence-corrected chi connectivity index (χ0v) is 13.7. The zero-order chi connectivity index (χ0) is 16.2. The van der Waals surface area contributed by atoms with Gasteiger partial charge in [0.25, 0.3) is 5.91 Å². The van der Waals surface area contributed by atoms with Crippen LogP contribution in [0, 0.1) is 0 Å². The summed E-state index contributed by atoms with van der Waals surface area (Å²) in [5.41, 5.74) is 1.51. The minimum atomic E-state index is -0.291. The van der Waals surface area contributed by atoms with Crippen LogP contribution >= 0.6 is 23.4 Å². The predicted octanol–water partition coefficient (Wildman–Crippen LogP) is 3.83. The number of ether oxygens (including phenoxy) is 1. The number of hydrogen-bond acceptors (Lipinski definition) is 5. The van der Waals surface area contributed by atoms with Gasteiger partial charge in [0.15, 0.2) is 5.17 Å². The number of carbonyl (C=O) groups is 1. The van der Waals surface area contributed by atoms with Gasteiger partial charge >= 0.3 is 0 Å². The van der Waals surface area contributed by atoms with Crippen LogP contribution in [-0.4, -0.2) is 23.2 Å². The van der Waals surface area contributed by atoms with Crippen LogP contribution in [0.1, 0.15) is 5.56 Å². The van der Waals surface area contributed by atoms with Crippen molar-refractivity contribution in [2.45, 2.75) is 0 Å². The Labute approximate surface area is 142 Å². The van der Waals surface area contributed by atoms with Gasteiger partial charge < -0.3 is 10.1 Å². The Bertz CT molecular complexity index is 803. The van der Waals surface area contributed by atoms with Crippen LogP contribution < -0.4 is 10.1 Å². The summed E-state index contributed by atoms with van der Waals surface area (Å²) in [6.45, 7) is 0. The second kappa shape index (κ2) is 6.85. The third kappa shape index (κ3) is 3.72. The lowest BCUT2D eigenvalue weighted by Gasteiger charge is -2.05. The molecule has 0 atom stereocenters. The van der Waals surface area contributed by atoms with E-state index in [0.717, 1.165) is 5.56 Å². The maximum absolute atomic E-state index is 12.0. The second-order valence-electron chi connectivity index (χ2n) is 4.57. The molecule has 0 saturated carbocycles. The Morgan fingerprint density at radius 3 is 2.78 bits per heavy atom. The van der Waals surface area contributed by atoms with E-state index in [1.165, 1.54) is 11.8 Å². The number of para-hydroxylation sites is 1. The monoisotopic (exact) mass is 345 g/mol. The lowest BCUT2D eigenvalue weighted by atomic mass is 10.2. The molecule has 7 heteroatoms. The van der Waals surface area contributed by atoms with Crippen LogP contribution in [0.15, 0.2) is 52.5 Å². The quantitative estimate of drug-likeness (QED) is 0.856. The molecule has 1 N–H and O–H groups in total. The standard InChI is InChI=1S/C16H12ClN3O2S/c1-22-14-7-6-10(9-18-14)8-13-15(21)20-16(23-13)19-12-5-3-2-4-11(12)17/h2-9H,1H3,(H,19,20,21). The molecule has 0 bridgehead atoms. The van der Waals surface area contributed by atoms with Gasteiger partial charge in [0, 0.05) is 12.3 Å². The normalized spacial score (nSPS) is 15.7. The van der Waals surface area contributed by atoms with Crippen LogP contribution in [-0.2, 0) is 4.79 Å². The molecule has 0 fully saturated rings. The fourth-order valence-electron chi connectivity index (χ4n) is 1.89. The first kappa shape index (κ1) is 15.6. The van der Waals surface area contributed by atoms with Crippen LogP contribution in [0.4, 0.5) is 5.69 Å². The molecule has 1 aliphatic rings. The van der Waals surface area contributed by atoms with Crippen LogP contribution in [0.3, 0.4) is 0 Å². The molecule has 5 nitrogen and oxygen atoms in total. The molecule has 3 rings (SSSR count). The molecular weight excluding hydrogens is 334 g/mol. The fourth-order valence-corrected chi connectivity index (χ4v) is 2.90. The SMILES string of the molecule is COc1ccc(C=C2SC(Nc3ccccc3Cl)=NC2=O)cn1. The van der Waals surface area contributed by atoms with Crippen molar-refractivity contribution in [1.29, 1.82) is 0 Å². The van der Waals surface area contributed by atoms with Crippen molar-refractivity contribution in [2.24, 2.45) is 4.99 Å². The van der Waals surface area contributed by atoms with Gasteiger partial charge in [0.05, 0.1) is 22.7 Å². The number of anilines is 1. The van der Waals surface area contributed by atoms with Crippen molar-refractivity contribution < 1.29 is 9.53 Å². The third-order valence-electron chi connectivity index (χ3n) is 3.00. The minimum Gasteiger partial charge on any atom is -0.481 e. The average molecular weight is 346 g/mol. The van der Waals surface area contributed by atoms with E-state index in [9.17, 15) is 4.79 Å². The van der Waals surface area contributed by atoms with Crippen molar-refractivity contribution in [1.82, 2.24) is 4.98 Å². The fraction of sp³-hybridized carbons (Fsp3) is 0.0625. The average Bonchev–Trinajstić information content (AvgIpc) is 2.90. The Morgan fingerprint density at radius 2 is 2.09 bits per heavy atom. The predicted molar refractivity (Wildman–Crippen MR) is 93.9 cm³/mol. The highest BCUT2D eigenvalue weighted by Crippen LogP contribution is 2.31. The molecule has 0 radical (unpaired) electrons. The van der Waals surface area contributed by atoms with Gasteiger partial charge in [-0.2, -0.15) is 4.99 Å². The molecule has 0 unspecified atom stereocenters. The molecule has 0 spiro atoms. The molecule has 2 heterocycles. The summed E-state index contributed by atoms with van der Waals surface area (Å²) in [5, 5.41) is 4.12. The number of aliphatic imine (C=N–C) groups is 1. The van der Waals surface area contributed by atoms with Gasteiger partial charge in [-0.05, 0) is 41.6 Å². The number of carbonyl (C=O) groups excluding carboxylic acids is 1. The summed E-state index contributed by atoms with van der Waals surface area (Å²) in [5.74, 6) is 0.232. The molecule has 0 aliphatic carbocycles. The van der Waals surface area contributed by atoms with E-state index in [0.29, 0.717) is 26.7 Å². The van der Waals surface area contributed by atoms with Gasteiger partial charge in [-0.25, -0.2) is 4.98 Å². The highest BCUT2D eigenvalue weighted by atomic mass is 35.5. The smallest absolute Gasteiger partial charge is 0.286 e. The van der Waals surface area contributed by atoms with Crippen molar-refractivity contribution >= 4 is 46.2 Å². The Hall–Kier alpha value is -2.31. The lowest BCUT2D eigenvalue weighted by molar-refractivity contribution is -0.113. The van der Waals surface area contributed by atoms with E-state index in [4.69, 9.17) is 16.3 Å². The number of amides is 1. The van der Waals surface area contributed by atoms with Gasteiger partial charge in [-0.1, -0.05) is 23.7 Å². The lowest BCUT2D eigenvalue weighted by Crippen LogP contribution is -2.04. The highest BCUT2D eigenvalue weighted by Gasteiger charge is 2.22. The number of benzene rings is 1. The van der Waals surface area contributed by atoms with Crippen molar-refractivity contribution in [2.75, 3.05) is 12.4 Å². The first-order valence-corrected chi connectivity index (χ1v) is 7.89. The number of rotatable bonds is 3. The number of pyridine rings is 1. The van der Waals surface area contributed by atoms with Crippen molar-refractivity contribution in [3.8, 4) is 5.88 Å². The molecule has 0 saturated heterocycles. The maximum atomic E-state index is 12.0. The van der Waals surface area contributed by atoms with E-state index in [1.54, 1.807) is 31.5 Å². The molecule has 2 aromatic rings. The number of halogens is 1. The van der Waals surface area contributed by atoms with Crippen LogP contribution in [0.25, 0.3) is 6.08 Å². The highest BCUT2D eigenvalue weighted by molar-refractivity contribution is 8.18. The summed E-state index contributed by atoms with van der Waals surface area (Å²) < 4.78 is 5.01. The van der Waals surface area contributed by atoms with Gasteiger partial charge in [-0.3, -0.25) is 4.79 Å². The topological polar surface area (TPSA) is 63.6 Å². The van der Waals surface area contributed by atoms with E-state index in [2.05, 4.69) is 15.3 Å². The van der Waals surface area contributed by atoms with Crippen molar-refractivity contribution in [3.63, 3.8) is 0 Å². The van der Waals surface area contributed by atoms with Gasteiger partial charge in [0.2, 0.25) is 5.88 Å². The van der Waals surface area contributed by atoms with E-state index < -0.39 is 0 Å². The van der Waals surface area contributed by atoms with Crippen LogP contribution in [0.5, 0.6) is 5.88 Å². The van der Waals surface area contributed by atoms with Crippen molar-refractivity contribution in [3.05, 3.63) is 58.1 Å². The Morgan fingerprint density at radius 1 is 1.26 bits per heavy atom. The number of nitrogens with zero attached hydrogens (tertiary/aromatic N) is 2. The third-order valence-corrected chi connectivity index (χ3v) is 4.23. The van der Waals surface area contributed by atoms with E-state index in [1.807, 2.05) is 24.3 Å². The number of methoxy groups -OCH3 is 1. The Balaban J connectivity index is 1.74. The van der Waals surface area contributed by atoms with Crippen LogP contribution in [0.2, 0.25) is 5.02 Å². The number of thioether (sulfide) groups is 1. The first-order chi connectivity index (χ1) is 11.2. The molecule has 1 aromatic carbocycles. The Kier molecular flexibility index (Phi) is 4.64.